The zero-order valence-electron chi connectivity index (χ0n) is 17.6. The Morgan fingerprint density at radius 1 is 1.00 bits per heavy atom. The maximum absolute atomic E-state index is 11.2. The molecule has 0 bridgehead atoms. The zero-order valence-corrected chi connectivity index (χ0v) is 24.7. The summed E-state index contributed by atoms with van der Waals surface area (Å²) in [5, 5.41) is 50.8. The summed E-state index contributed by atoms with van der Waals surface area (Å²) in [6.07, 6.45) is 0.106. The molecule has 0 aliphatic heterocycles. The predicted molar refractivity (Wildman–Crippen MR) is 98.8 cm³/mol. The molecular formula is C17H12K2N8O4S. The summed E-state index contributed by atoms with van der Waals surface area (Å²) in [7, 11) is 0. The van der Waals surface area contributed by atoms with E-state index in [9.17, 15) is 19.8 Å². The van der Waals surface area contributed by atoms with E-state index in [0.717, 1.165) is 11.1 Å². The maximum atomic E-state index is 11.2. The van der Waals surface area contributed by atoms with Gasteiger partial charge in [-0.2, -0.15) is 0 Å². The molecule has 1 N–H and O–H groups in total. The molecule has 0 spiro atoms. The number of carboxylic acid groups (broad SMARTS) is 2. The van der Waals surface area contributed by atoms with Gasteiger partial charge in [-0.3, -0.25) is 5.10 Å². The number of nitrogens with one attached hydrogen (secondary N) is 1. The Kier molecular flexibility index (Phi) is 9.98. The number of aryl methyl sites for hydroxylation is 2. The number of hydrogen-bond acceptors (Lipinski definition) is 11. The van der Waals surface area contributed by atoms with E-state index in [-0.39, 0.29) is 120 Å². The summed E-state index contributed by atoms with van der Waals surface area (Å²) < 4.78 is 1.57. The topological polar surface area (TPSA) is 177 Å². The number of fused-ring (bicyclic) bond motifs is 1. The largest absolute Gasteiger partial charge is 1.00 e. The van der Waals surface area contributed by atoms with Gasteiger partial charge in [0.1, 0.15) is 5.01 Å². The molecule has 4 rings (SSSR count). The molecule has 1 aromatic carbocycles. The van der Waals surface area contributed by atoms with Crippen LogP contribution in [-0.2, 0) is 6.42 Å². The van der Waals surface area contributed by atoms with Crippen LogP contribution >= 0.6 is 11.3 Å². The van der Waals surface area contributed by atoms with E-state index in [0.29, 0.717) is 33.5 Å². The van der Waals surface area contributed by atoms with Gasteiger partial charge in [0.15, 0.2) is 11.5 Å². The summed E-state index contributed by atoms with van der Waals surface area (Å²) in [5.41, 5.74) is 1.40. The number of rotatable bonds is 6. The Morgan fingerprint density at radius 2 is 1.66 bits per heavy atom. The molecule has 0 aliphatic rings. The molecule has 152 valence electrons. The number of aromatic amines is 1. The smallest absolute Gasteiger partial charge is 0.545 e. The van der Waals surface area contributed by atoms with Gasteiger partial charge in [-0.1, -0.05) is 11.3 Å². The number of carboxylic acids is 2. The summed E-state index contributed by atoms with van der Waals surface area (Å²) in [6, 6.07) is 3.62. The second-order valence-electron chi connectivity index (χ2n) is 6.33. The second-order valence-corrected chi connectivity index (χ2v) is 7.49. The van der Waals surface area contributed by atoms with Crippen molar-refractivity contribution in [1.82, 2.24) is 30.0 Å². The fourth-order valence-corrected chi connectivity index (χ4v) is 3.35. The van der Waals surface area contributed by atoms with Crippen LogP contribution in [0.1, 0.15) is 42.8 Å². The van der Waals surface area contributed by atoms with E-state index in [1.807, 2.05) is 6.92 Å². The van der Waals surface area contributed by atoms with Gasteiger partial charge >= 0.3 is 103 Å². The molecule has 0 amide bonds. The molecule has 0 saturated carbocycles. The SMILES string of the molecule is Cc1nnc(N=Nc2c(C)[nH]n3c(Cc4cc(C(=O)[O-])cc(C(=O)[O-])c4)nnc23)s1.[K+].[K+]. The quantitative estimate of drug-likeness (QED) is 0.200. The first kappa shape index (κ1) is 27.5. The van der Waals surface area contributed by atoms with Crippen LogP contribution in [0.25, 0.3) is 5.65 Å². The number of azo groups is 1. The zero-order chi connectivity index (χ0) is 21.4. The van der Waals surface area contributed by atoms with Crippen LogP contribution in [0.4, 0.5) is 10.8 Å². The number of benzene rings is 1. The molecule has 3 aromatic heterocycles. The third kappa shape index (κ3) is 6.03. The average Bonchev–Trinajstić information content (AvgIpc) is 3.36. The minimum absolute atomic E-state index is 0. The number of carbonyl (C=O) groups excluding carboxylic acids is 2. The summed E-state index contributed by atoms with van der Waals surface area (Å²) in [5.74, 6) is -2.56. The molecule has 12 nitrogen and oxygen atoms in total. The summed E-state index contributed by atoms with van der Waals surface area (Å²) in [4.78, 5) is 22.4. The number of H-pyrrole nitrogens is 1. The number of carbonyl (C=O) groups is 2. The molecule has 3 heterocycles. The average molecular weight is 503 g/mol. The number of nitrogens with zero attached hydrogens (tertiary/aromatic N) is 7. The molecule has 4 aromatic rings. The Hall–Kier alpha value is -0.727. The molecule has 32 heavy (non-hydrogen) atoms. The van der Waals surface area contributed by atoms with Gasteiger partial charge < -0.3 is 19.8 Å². The van der Waals surface area contributed by atoms with Crippen molar-refractivity contribution in [2.75, 3.05) is 0 Å². The van der Waals surface area contributed by atoms with E-state index < -0.39 is 11.9 Å². The molecular weight excluding hydrogens is 491 g/mol. The van der Waals surface area contributed by atoms with E-state index in [2.05, 4.69) is 35.7 Å². The van der Waals surface area contributed by atoms with Gasteiger partial charge in [-0.15, -0.1) is 30.6 Å². The minimum Gasteiger partial charge on any atom is -0.545 e. The van der Waals surface area contributed by atoms with Crippen molar-refractivity contribution >= 4 is 39.7 Å². The van der Waals surface area contributed by atoms with E-state index >= 15 is 0 Å². The van der Waals surface area contributed by atoms with Crippen LogP contribution in [0.3, 0.4) is 0 Å². The predicted octanol–water partition coefficient (Wildman–Crippen LogP) is -5.73. The van der Waals surface area contributed by atoms with Crippen molar-refractivity contribution in [3.05, 3.63) is 51.4 Å². The van der Waals surface area contributed by atoms with Crippen LogP contribution in [-0.4, -0.2) is 41.9 Å². The van der Waals surface area contributed by atoms with Crippen molar-refractivity contribution in [1.29, 1.82) is 0 Å². The molecule has 15 heteroatoms. The number of aromatic nitrogens is 6. The van der Waals surface area contributed by atoms with E-state index in [1.54, 1.807) is 11.4 Å². The third-order valence-corrected chi connectivity index (χ3v) is 4.88. The van der Waals surface area contributed by atoms with Gasteiger partial charge in [0.05, 0.1) is 17.6 Å². The molecule has 0 radical (unpaired) electrons. The molecule has 0 unspecified atom stereocenters. The van der Waals surface area contributed by atoms with Crippen LogP contribution in [0.5, 0.6) is 0 Å². The van der Waals surface area contributed by atoms with Gasteiger partial charge in [0, 0.05) is 6.42 Å². The van der Waals surface area contributed by atoms with Crippen LogP contribution in [0.2, 0.25) is 0 Å². The maximum Gasteiger partial charge on any atom is 1.00 e. The van der Waals surface area contributed by atoms with Crippen LogP contribution < -0.4 is 113 Å². The first-order chi connectivity index (χ1) is 14.3. The Labute approximate surface area is 269 Å². The number of aromatic carboxylic acids is 2. The van der Waals surface area contributed by atoms with Crippen LogP contribution in [0, 0.1) is 13.8 Å². The Morgan fingerprint density at radius 3 is 2.22 bits per heavy atom. The summed E-state index contributed by atoms with van der Waals surface area (Å²) in [6.45, 7) is 3.59. The second kappa shape index (κ2) is 11.6. The fraction of sp³-hybridized carbons (Fsp3) is 0.176. The monoisotopic (exact) mass is 502 g/mol. The Bertz CT molecular complexity index is 1300. The van der Waals surface area contributed by atoms with E-state index in [1.165, 1.54) is 23.5 Å². The Balaban J connectivity index is 0.00000181. The van der Waals surface area contributed by atoms with Crippen molar-refractivity contribution in [2.24, 2.45) is 10.2 Å². The van der Waals surface area contributed by atoms with Crippen molar-refractivity contribution in [3.8, 4) is 0 Å². The molecule has 0 fully saturated rings. The fourth-order valence-electron chi connectivity index (χ4n) is 2.84. The number of hydrogen-bond donors (Lipinski definition) is 1. The van der Waals surface area contributed by atoms with Gasteiger partial charge in [0.25, 0.3) is 5.13 Å². The van der Waals surface area contributed by atoms with Crippen LogP contribution in [0.15, 0.2) is 28.4 Å². The van der Waals surface area contributed by atoms with Crippen molar-refractivity contribution in [2.45, 2.75) is 20.3 Å². The first-order valence-electron chi connectivity index (χ1n) is 8.53. The normalized spacial score (nSPS) is 10.8. The molecule has 0 aliphatic carbocycles. The summed E-state index contributed by atoms with van der Waals surface area (Å²) >= 11 is 1.29. The standard InChI is InChI=1S/C17H14N8O4S.2K/c1-7-13(20-23-17-22-18-8(2)30-17)14-21-19-12(25(14)24-7)5-9-3-10(15(26)27)6-11(4-9)16(28)29;;/h3-4,6,24H,5H2,1-2H3,(H,26,27)(H,28,29);;/q;2*+1/p-2. The first-order valence-corrected chi connectivity index (χ1v) is 9.34. The minimum atomic E-state index is -1.49. The van der Waals surface area contributed by atoms with Gasteiger partial charge in [-0.25, -0.2) is 4.52 Å². The van der Waals surface area contributed by atoms with E-state index in [4.69, 9.17) is 0 Å². The van der Waals surface area contributed by atoms with Crippen molar-refractivity contribution in [3.63, 3.8) is 0 Å². The van der Waals surface area contributed by atoms with Crippen molar-refractivity contribution < 1.29 is 123 Å². The third-order valence-electron chi connectivity index (χ3n) is 4.15. The van der Waals surface area contributed by atoms with Gasteiger partial charge in [-0.05, 0) is 48.7 Å². The molecule has 0 saturated heterocycles. The molecule has 0 atom stereocenters. The van der Waals surface area contributed by atoms with Gasteiger partial charge in [0.2, 0.25) is 5.65 Å².